The lowest BCUT2D eigenvalue weighted by atomic mass is 10.1. The van der Waals surface area contributed by atoms with Crippen molar-refractivity contribution in [1.82, 2.24) is 0 Å². The Balaban J connectivity index is 0.00000128. The maximum atomic E-state index is 10.8. The Morgan fingerprint density at radius 2 is 2.25 bits per heavy atom. The first kappa shape index (κ1) is 13.1. The highest BCUT2D eigenvalue weighted by Crippen LogP contribution is 2.35. The number of rotatable bonds is 3. The van der Waals surface area contributed by atoms with Crippen LogP contribution in [-0.2, 0) is 11.2 Å². The second-order valence-corrected chi connectivity index (χ2v) is 3.64. The highest BCUT2D eigenvalue weighted by Gasteiger charge is 2.20. The summed E-state index contributed by atoms with van der Waals surface area (Å²) in [7, 11) is 0. The number of hydrogen-bond acceptors (Lipinski definition) is 4. The van der Waals surface area contributed by atoms with Gasteiger partial charge in [-0.15, -0.1) is 12.4 Å². The van der Waals surface area contributed by atoms with Gasteiger partial charge in [-0.3, -0.25) is 4.79 Å². The molecule has 1 atom stereocenters. The van der Waals surface area contributed by atoms with Crippen LogP contribution in [0.25, 0.3) is 0 Å². The van der Waals surface area contributed by atoms with Crippen LogP contribution in [0, 0.1) is 0 Å². The molecule has 1 unspecified atom stereocenters. The molecule has 88 valence electrons. The van der Waals surface area contributed by atoms with Gasteiger partial charge in [0.1, 0.15) is 0 Å². The third-order valence-corrected chi connectivity index (χ3v) is 2.49. The number of para-hydroxylation sites is 1. The molecule has 2 N–H and O–H groups in total. The van der Waals surface area contributed by atoms with Gasteiger partial charge in [-0.25, -0.2) is 0 Å². The molecule has 1 aromatic carbocycles. The maximum absolute atomic E-state index is 10.8. The molecule has 0 fully saturated rings. The minimum Gasteiger partial charge on any atom is -0.454 e. The molecule has 1 aliphatic heterocycles. The summed E-state index contributed by atoms with van der Waals surface area (Å²) in [6.07, 6.45) is 0.356. The Labute approximate surface area is 104 Å². The number of carbonyl (C=O) groups is 1. The molecule has 0 amide bonds. The molecule has 0 saturated carbocycles. The topological polar surface area (TPSA) is 61.6 Å². The molecule has 16 heavy (non-hydrogen) atoms. The summed E-state index contributed by atoms with van der Waals surface area (Å²) in [5.74, 6) is 1.34. The molecule has 1 aromatic rings. The zero-order chi connectivity index (χ0) is 10.8. The van der Waals surface area contributed by atoms with Crippen LogP contribution in [0.1, 0.15) is 5.56 Å². The van der Waals surface area contributed by atoms with Crippen LogP contribution in [0.3, 0.4) is 0 Å². The average molecular weight is 264 g/mol. The molecule has 1 heterocycles. The van der Waals surface area contributed by atoms with Gasteiger partial charge >= 0.3 is 0 Å². The molecule has 4 nitrogen and oxygen atoms in total. The first-order chi connectivity index (χ1) is 7.18. The lowest BCUT2D eigenvalue weighted by molar-refractivity contribution is -0.112. The molecule has 6 heteroatoms. The monoisotopic (exact) mass is 263 g/mol. The standard InChI is InChI=1S/C10H10ClNO3.ClH/c11-10(13)7(12)4-6-2-1-3-8-9(6)15-5-14-8;/h1-3,7H,4-5,12H2;1H. The number of benzene rings is 1. The minimum atomic E-state index is -0.706. The van der Waals surface area contributed by atoms with Crippen molar-refractivity contribution >= 4 is 29.3 Å². The molecular formula is C10H11Cl2NO3. The largest absolute Gasteiger partial charge is 0.454 e. The highest BCUT2D eigenvalue weighted by atomic mass is 35.5. The van der Waals surface area contributed by atoms with E-state index < -0.39 is 11.3 Å². The number of ether oxygens (including phenoxy) is 2. The number of fused-ring (bicyclic) bond motifs is 1. The third-order valence-electron chi connectivity index (χ3n) is 2.21. The van der Waals surface area contributed by atoms with Crippen molar-refractivity contribution in [3.8, 4) is 11.5 Å². The van der Waals surface area contributed by atoms with E-state index in [0.717, 1.165) is 5.56 Å². The van der Waals surface area contributed by atoms with Crippen LogP contribution in [-0.4, -0.2) is 18.1 Å². The summed E-state index contributed by atoms with van der Waals surface area (Å²) in [4.78, 5) is 10.8. The molecule has 0 aromatic heterocycles. The smallest absolute Gasteiger partial charge is 0.238 e. The SMILES string of the molecule is Cl.NC(Cc1cccc2c1OCO2)C(=O)Cl. The number of hydrogen-bond donors (Lipinski definition) is 1. The normalized spacial score (nSPS) is 14.1. The summed E-state index contributed by atoms with van der Waals surface area (Å²) < 4.78 is 10.5. The van der Waals surface area contributed by atoms with Crippen molar-refractivity contribution in [2.24, 2.45) is 5.73 Å². The summed E-state index contributed by atoms with van der Waals surface area (Å²) in [6, 6.07) is 4.77. The molecule has 1 aliphatic rings. The molecule has 0 spiro atoms. The van der Waals surface area contributed by atoms with Crippen LogP contribution in [0.5, 0.6) is 11.5 Å². The van der Waals surface area contributed by atoms with E-state index in [4.69, 9.17) is 26.8 Å². The second-order valence-electron chi connectivity index (χ2n) is 3.27. The van der Waals surface area contributed by atoms with Crippen molar-refractivity contribution < 1.29 is 14.3 Å². The second kappa shape index (κ2) is 5.39. The van der Waals surface area contributed by atoms with E-state index in [0.29, 0.717) is 17.9 Å². The number of carbonyl (C=O) groups excluding carboxylic acids is 1. The van der Waals surface area contributed by atoms with Gasteiger partial charge in [0.25, 0.3) is 0 Å². The van der Waals surface area contributed by atoms with E-state index in [1.165, 1.54) is 0 Å². The Morgan fingerprint density at radius 1 is 1.50 bits per heavy atom. The maximum Gasteiger partial charge on any atom is 0.238 e. The molecular weight excluding hydrogens is 253 g/mol. The predicted octanol–water partition coefficient (Wildman–Crippen LogP) is 1.47. The van der Waals surface area contributed by atoms with Gasteiger partial charge in [-0.05, 0) is 24.1 Å². The zero-order valence-electron chi connectivity index (χ0n) is 8.31. The fourth-order valence-corrected chi connectivity index (χ4v) is 1.55. The molecule has 0 saturated heterocycles. The van der Waals surface area contributed by atoms with Crippen molar-refractivity contribution in [3.63, 3.8) is 0 Å². The van der Waals surface area contributed by atoms with Gasteiger partial charge in [0, 0.05) is 5.56 Å². The quantitative estimate of drug-likeness (QED) is 0.840. The van der Waals surface area contributed by atoms with Crippen molar-refractivity contribution in [2.75, 3.05) is 6.79 Å². The van der Waals surface area contributed by atoms with Gasteiger partial charge in [0.05, 0.1) is 6.04 Å². The van der Waals surface area contributed by atoms with Crippen molar-refractivity contribution in [3.05, 3.63) is 23.8 Å². The van der Waals surface area contributed by atoms with Crippen LogP contribution < -0.4 is 15.2 Å². The van der Waals surface area contributed by atoms with Gasteiger partial charge in [0.15, 0.2) is 11.5 Å². The summed E-state index contributed by atoms with van der Waals surface area (Å²) in [6.45, 7) is 0.205. The average Bonchev–Trinajstić information content (AvgIpc) is 2.66. The Hall–Kier alpha value is -0.970. The van der Waals surface area contributed by atoms with Crippen molar-refractivity contribution in [1.29, 1.82) is 0 Å². The highest BCUT2D eigenvalue weighted by molar-refractivity contribution is 6.64. The van der Waals surface area contributed by atoms with E-state index >= 15 is 0 Å². The lowest BCUT2D eigenvalue weighted by Gasteiger charge is -2.08. The molecule has 2 rings (SSSR count). The molecule has 0 aliphatic carbocycles. The number of nitrogens with two attached hydrogens (primary N) is 1. The van der Waals surface area contributed by atoms with Gasteiger partial charge in [-0.1, -0.05) is 12.1 Å². The summed E-state index contributed by atoms with van der Waals surface area (Å²) in [5.41, 5.74) is 6.40. The van der Waals surface area contributed by atoms with E-state index in [1.807, 2.05) is 12.1 Å². The van der Waals surface area contributed by atoms with Crippen LogP contribution in [0.2, 0.25) is 0 Å². The van der Waals surface area contributed by atoms with Crippen LogP contribution in [0.15, 0.2) is 18.2 Å². The third kappa shape index (κ3) is 2.58. The van der Waals surface area contributed by atoms with Crippen LogP contribution in [0.4, 0.5) is 0 Å². The fourth-order valence-electron chi connectivity index (χ4n) is 1.47. The fraction of sp³-hybridized carbons (Fsp3) is 0.300. The van der Waals surface area contributed by atoms with E-state index in [1.54, 1.807) is 6.07 Å². The first-order valence-electron chi connectivity index (χ1n) is 4.51. The molecule has 0 bridgehead atoms. The van der Waals surface area contributed by atoms with Gasteiger partial charge in [0.2, 0.25) is 12.0 Å². The summed E-state index contributed by atoms with van der Waals surface area (Å²) >= 11 is 5.29. The Kier molecular flexibility index (Phi) is 4.41. The molecule has 0 radical (unpaired) electrons. The van der Waals surface area contributed by atoms with E-state index in [-0.39, 0.29) is 19.2 Å². The van der Waals surface area contributed by atoms with E-state index in [2.05, 4.69) is 0 Å². The zero-order valence-corrected chi connectivity index (χ0v) is 9.88. The number of halogens is 2. The van der Waals surface area contributed by atoms with Gasteiger partial charge < -0.3 is 15.2 Å². The first-order valence-corrected chi connectivity index (χ1v) is 4.88. The Bertz CT molecular complexity index is 398. The predicted molar refractivity (Wildman–Crippen MR) is 62.4 cm³/mol. The Morgan fingerprint density at radius 3 is 2.94 bits per heavy atom. The van der Waals surface area contributed by atoms with Crippen LogP contribution >= 0.6 is 24.0 Å². The van der Waals surface area contributed by atoms with E-state index in [9.17, 15) is 4.79 Å². The lowest BCUT2D eigenvalue weighted by Crippen LogP contribution is -2.29. The van der Waals surface area contributed by atoms with Crippen molar-refractivity contribution in [2.45, 2.75) is 12.5 Å². The summed E-state index contributed by atoms with van der Waals surface area (Å²) in [5, 5.41) is -0.550. The minimum absolute atomic E-state index is 0. The van der Waals surface area contributed by atoms with Gasteiger partial charge in [-0.2, -0.15) is 0 Å².